The number of aryl methyl sites for hydroxylation is 3. The molecule has 0 saturated carbocycles. The van der Waals surface area contributed by atoms with Crippen molar-refractivity contribution in [1.29, 1.82) is 0 Å². The Kier molecular flexibility index (Phi) is 4.22. The Hall–Kier alpha value is -1.77. The molecule has 1 aromatic heterocycles. The number of halogens is 1. The fourth-order valence-electron chi connectivity index (χ4n) is 2.59. The molecule has 1 amide bonds. The predicted molar refractivity (Wildman–Crippen MR) is 85.3 cm³/mol. The van der Waals surface area contributed by atoms with Gasteiger partial charge in [0.15, 0.2) is 0 Å². The summed E-state index contributed by atoms with van der Waals surface area (Å²) in [6, 6.07) is 5.16. The van der Waals surface area contributed by atoms with E-state index in [0.29, 0.717) is 4.88 Å². The maximum atomic E-state index is 13.1. The van der Waals surface area contributed by atoms with Crippen LogP contribution in [0.4, 0.5) is 4.39 Å². The number of sulfonamides is 1. The summed E-state index contributed by atoms with van der Waals surface area (Å²) in [5, 5.41) is 0. The van der Waals surface area contributed by atoms with E-state index in [4.69, 9.17) is 0 Å². The lowest BCUT2D eigenvalue weighted by Gasteiger charge is -2.10. The number of hydrogen-bond acceptors (Lipinski definition) is 4. The molecule has 0 saturated heterocycles. The van der Waals surface area contributed by atoms with Crippen molar-refractivity contribution in [2.24, 2.45) is 0 Å². The van der Waals surface area contributed by atoms with Gasteiger partial charge >= 0.3 is 0 Å². The number of carbonyl (C=O) groups is 1. The smallest absolute Gasteiger partial charge is 0.273 e. The topological polar surface area (TPSA) is 75.3 Å². The lowest BCUT2D eigenvalue weighted by Crippen LogP contribution is -2.41. The van der Waals surface area contributed by atoms with E-state index in [-0.39, 0.29) is 10.5 Å². The Morgan fingerprint density at radius 3 is 2.74 bits per heavy atom. The second-order valence-electron chi connectivity index (χ2n) is 5.38. The van der Waals surface area contributed by atoms with Gasteiger partial charge in [0.1, 0.15) is 5.82 Å². The van der Waals surface area contributed by atoms with Crippen LogP contribution in [0, 0.1) is 12.7 Å². The van der Waals surface area contributed by atoms with E-state index in [1.807, 2.05) is 0 Å². The first-order chi connectivity index (χ1) is 10.9. The fourth-order valence-corrected chi connectivity index (χ4v) is 4.80. The van der Waals surface area contributed by atoms with Crippen LogP contribution >= 0.6 is 11.3 Å². The van der Waals surface area contributed by atoms with E-state index in [0.717, 1.165) is 37.0 Å². The molecular formula is C15H15FN2O3S2. The lowest BCUT2D eigenvalue weighted by molar-refractivity contribution is 0.0949. The minimum atomic E-state index is -3.95. The first-order valence-electron chi connectivity index (χ1n) is 7.07. The van der Waals surface area contributed by atoms with Crippen molar-refractivity contribution in [3.05, 3.63) is 51.0 Å². The van der Waals surface area contributed by atoms with Crippen LogP contribution in [-0.2, 0) is 22.9 Å². The van der Waals surface area contributed by atoms with Gasteiger partial charge in [0.05, 0.1) is 9.77 Å². The summed E-state index contributed by atoms with van der Waals surface area (Å²) < 4.78 is 37.5. The largest absolute Gasteiger partial charge is 0.276 e. The lowest BCUT2D eigenvalue weighted by atomic mass is 10.2. The molecule has 0 fully saturated rings. The van der Waals surface area contributed by atoms with Crippen LogP contribution < -0.4 is 10.3 Å². The summed E-state index contributed by atoms with van der Waals surface area (Å²) in [5.41, 5.74) is 3.64. The Bertz CT molecular complexity index is 853. The molecule has 5 nitrogen and oxygen atoms in total. The summed E-state index contributed by atoms with van der Waals surface area (Å²) in [6.45, 7) is 1.49. The van der Waals surface area contributed by atoms with E-state index in [2.05, 4.69) is 10.3 Å². The average molecular weight is 354 g/mol. The number of hydrazine groups is 1. The Morgan fingerprint density at radius 2 is 2.04 bits per heavy atom. The van der Waals surface area contributed by atoms with Crippen LogP contribution in [0.3, 0.4) is 0 Å². The zero-order valence-corrected chi connectivity index (χ0v) is 14.0. The predicted octanol–water partition coefficient (Wildman–Crippen LogP) is 2.31. The van der Waals surface area contributed by atoms with Crippen molar-refractivity contribution >= 4 is 27.3 Å². The van der Waals surface area contributed by atoms with E-state index >= 15 is 0 Å². The quantitative estimate of drug-likeness (QED) is 0.828. The highest BCUT2D eigenvalue weighted by Crippen LogP contribution is 2.30. The van der Waals surface area contributed by atoms with Gasteiger partial charge in [0, 0.05) is 4.88 Å². The minimum absolute atomic E-state index is 0.0760. The van der Waals surface area contributed by atoms with Crippen LogP contribution in [0.5, 0.6) is 0 Å². The molecule has 0 spiro atoms. The second kappa shape index (κ2) is 6.03. The van der Waals surface area contributed by atoms with Gasteiger partial charge in [-0.3, -0.25) is 10.2 Å². The third-order valence-corrected chi connectivity index (χ3v) is 6.34. The Balaban J connectivity index is 1.72. The van der Waals surface area contributed by atoms with Gasteiger partial charge < -0.3 is 0 Å². The molecule has 23 heavy (non-hydrogen) atoms. The summed E-state index contributed by atoms with van der Waals surface area (Å²) >= 11 is 1.39. The number of amides is 1. The van der Waals surface area contributed by atoms with Crippen LogP contribution in [0.25, 0.3) is 0 Å². The van der Waals surface area contributed by atoms with Gasteiger partial charge in [-0.2, -0.15) is 0 Å². The number of benzene rings is 1. The number of rotatable bonds is 4. The van der Waals surface area contributed by atoms with Crippen molar-refractivity contribution in [1.82, 2.24) is 10.3 Å². The molecule has 1 heterocycles. The number of nitrogens with one attached hydrogen (secondary N) is 2. The molecule has 1 aliphatic rings. The molecule has 0 aliphatic heterocycles. The first kappa shape index (κ1) is 16.1. The summed E-state index contributed by atoms with van der Waals surface area (Å²) in [5.74, 6) is -1.01. The van der Waals surface area contributed by atoms with Crippen LogP contribution in [0.2, 0.25) is 0 Å². The molecule has 2 aromatic rings. The molecule has 1 aromatic carbocycles. The second-order valence-corrected chi connectivity index (χ2v) is 8.17. The van der Waals surface area contributed by atoms with Crippen LogP contribution in [0.1, 0.15) is 32.1 Å². The molecule has 0 bridgehead atoms. The SMILES string of the molecule is Cc1cc(F)ccc1S(=O)(=O)NNC(=O)c1cc2c(s1)CCC2. The monoisotopic (exact) mass is 354 g/mol. The molecule has 3 rings (SSSR count). The van der Waals surface area contributed by atoms with Gasteiger partial charge in [0.2, 0.25) is 0 Å². The summed E-state index contributed by atoms with van der Waals surface area (Å²) in [7, 11) is -3.95. The van der Waals surface area contributed by atoms with Crippen LogP contribution in [0.15, 0.2) is 29.2 Å². The minimum Gasteiger partial charge on any atom is -0.273 e. The fraction of sp³-hybridized carbons (Fsp3) is 0.267. The van der Waals surface area contributed by atoms with Crippen molar-refractivity contribution in [3.8, 4) is 0 Å². The molecule has 0 atom stereocenters. The summed E-state index contributed by atoms with van der Waals surface area (Å²) in [4.78, 5) is 15.7. The number of thiophene rings is 1. The van der Waals surface area contributed by atoms with Gasteiger partial charge in [-0.1, -0.05) is 0 Å². The molecule has 122 valence electrons. The van der Waals surface area contributed by atoms with Crippen molar-refractivity contribution in [2.45, 2.75) is 31.1 Å². The third-order valence-electron chi connectivity index (χ3n) is 3.70. The first-order valence-corrected chi connectivity index (χ1v) is 9.37. The zero-order valence-electron chi connectivity index (χ0n) is 12.3. The third kappa shape index (κ3) is 3.29. The van der Waals surface area contributed by atoms with Crippen molar-refractivity contribution in [2.75, 3.05) is 0 Å². The molecule has 8 heteroatoms. The van der Waals surface area contributed by atoms with Crippen molar-refractivity contribution < 1.29 is 17.6 Å². The number of fused-ring (bicyclic) bond motifs is 1. The molecule has 2 N–H and O–H groups in total. The zero-order chi connectivity index (χ0) is 16.6. The number of hydrogen-bond donors (Lipinski definition) is 2. The highest BCUT2D eigenvalue weighted by Gasteiger charge is 2.21. The average Bonchev–Trinajstić information content (AvgIpc) is 3.05. The maximum Gasteiger partial charge on any atom is 0.276 e. The van der Waals surface area contributed by atoms with Gasteiger partial charge in [-0.25, -0.2) is 12.8 Å². The maximum absolute atomic E-state index is 13.1. The molecular weight excluding hydrogens is 339 g/mol. The van der Waals surface area contributed by atoms with E-state index in [9.17, 15) is 17.6 Å². The number of carbonyl (C=O) groups excluding carboxylic acids is 1. The van der Waals surface area contributed by atoms with E-state index in [1.54, 1.807) is 6.07 Å². The van der Waals surface area contributed by atoms with Gasteiger partial charge in [0.25, 0.3) is 15.9 Å². The molecule has 1 aliphatic carbocycles. The van der Waals surface area contributed by atoms with Gasteiger partial charge in [-0.05, 0) is 61.6 Å². The van der Waals surface area contributed by atoms with Gasteiger partial charge in [-0.15, -0.1) is 16.2 Å². The van der Waals surface area contributed by atoms with Crippen molar-refractivity contribution in [3.63, 3.8) is 0 Å². The highest BCUT2D eigenvalue weighted by atomic mass is 32.2. The van der Waals surface area contributed by atoms with E-state index < -0.39 is 21.7 Å². The molecule has 0 unspecified atom stereocenters. The summed E-state index contributed by atoms with van der Waals surface area (Å²) in [6.07, 6.45) is 3.02. The molecule has 0 radical (unpaired) electrons. The Morgan fingerprint density at radius 1 is 1.26 bits per heavy atom. The van der Waals surface area contributed by atoms with E-state index in [1.165, 1.54) is 29.2 Å². The highest BCUT2D eigenvalue weighted by molar-refractivity contribution is 7.89. The Labute approximate surface area is 137 Å². The standard InChI is InChI=1S/C15H15FN2O3S2/c1-9-7-11(16)5-6-14(9)23(20,21)18-17-15(19)13-8-10-3-2-4-12(10)22-13/h5-8,18H,2-4H2,1H3,(H,17,19). The normalized spacial score (nSPS) is 13.8. The van der Waals surface area contributed by atoms with Crippen LogP contribution in [-0.4, -0.2) is 14.3 Å².